The van der Waals surface area contributed by atoms with Gasteiger partial charge < -0.3 is 9.47 Å². The molecule has 1 unspecified atom stereocenters. The molecule has 2 aromatic heterocycles. The van der Waals surface area contributed by atoms with Gasteiger partial charge in [0.1, 0.15) is 5.69 Å². The van der Waals surface area contributed by atoms with Gasteiger partial charge in [-0.1, -0.05) is 59.6 Å². The Bertz CT molecular complexity index is 1220. The molecular weight excluding hydrogens is 433 g/mol. The maximum absolute atomic E-state index is 13.3. The average Bonchev–Trinajstić information content (AvgIpc) is 3.50. The first-order chi connectivity index (χ1) is 15.1. The van der Waals surface area contributed by atoms with Crippen molar-refractivity contribution >= 4 is 29.1 Å². The Kier molecular flexibility index (Phi) is 5.26. The number of fused-ring (bicyclic) bond motifs is 1. The van der Waals surface area contributed by atoms with E-state index in [0.717, 1.165) is 35.3 Å². The SMILES string of the molecule is O=C1c2[nH]nc(-c3ccccc3)c2C(c2ccc(Cl)c(Cl)c2)N1CCCn1ccnc1. The van der Waals surface area contributed by atoms with Crippen LogP contribution in [0, 0.1) is 0 Å². The van der Waals surface area contributed by atoms with Gasteiger partial charge in [0.2, 0.25) is 0 Å². The van der Waals surface area contributed by atoms with E-state index >= 15 is 0 Å². The van der Waals surface area contributed by atoms with Crippen LogP contribution >= 0.6 is 23.2 Å². The lowest BCUT2D eigenvalue weighted by molar-refractivity contribution is 0.0739. The van der Waals surface area contributed by atoms with Gasteiger partial charge in [-0.3, -0.25) is 9.89 Å². The molecule has 4 aromatic rings. The molecule has 5 rings (SSSR count). The minimum Gasteiger partial charge on any atom is -0.337 e. The van der Waals surface area contributed by atoms with Crippen molar-refractivity contribution < 1.29 is 4.79 Å². The standard InChI is InChI=1S/C23H19Cl2N5O/c24-17-8-7-16(13-18(17)25)22-19-20(15-5-2-1-3-6-15)27-28-21(19)23(31)30(22)11-4-10-29-12-9-26-14-29/h1-3,5-9,12-14,22H,4,10-11H2,(H,27,28). The second-order valence-corrected chi connectivity index (χ2v) is 8.27. The van der Waals surface area contributed by atoms with Gasteiger partial charge in [0, 0.05) is 36.6 Å². The molecule has 0 saturated heterocycles. The third kappa shape index (κ3) is 3.62. The maximum atomic E-state index is 13.3. The van der Waals surface area contributed by atoms with Crippen LogP contribution in [0.3, 0.4) is 0 Å². The van der Waals surface area contributed by atoms with Crippen molar-refractivity contribution in [1.29, 1.82) is 0 Å². The molecule has 1 amide bonds. The molecule has 0 radical (unpaired) electrons. The molecule has 0 bridgehead atoms. The summed E-state index contributed by atoms with van der Waals surface area (Å²) in [6.07, 6.45) is 6.24. The zero-order valence-corrected chi connectivity index (χ0v) is 18.0. The van der Waals surface area contributed by atoms with Gasteiger partial charge >= 0.3 is 0 Å². The van der Waals surface area contributed by atoms with E-state index in [9.17, 15) is 4.79 Å². The van der Waals surface area contributed by atoms with Crippen molar-refractivity contribution in [2.24, 2.45) is 0 Å². The molecule has 0 aliphatic carbocycles. The minimum absolute atomic E-state index is 0.0635. The fourth-order valence-electron chi connectivity index (χ4n) is 4.12. The Morgan fingerprint density at radius 1 is 1.03 bits per heavy atom. The second-order valence-electron chi connectivity index (χ2n) is 7.46. The number of H-pyrrole nitrogens is 1. The van der Waals surface area contributed by atoms with Gasteiger partial charge in [0.25, 0.3) is 5.91 Å². The van der Waals surface area contributed by atoms with Crippen molar-refractivity contribution in [1.82, 2.24) is 24.6 Å². The molecule has 1 aliphatic rings. The zero-order chi connectivity index (χ0) is 21.4. The molecule has 0 fully saturated rings. The van der Waals surface area contributed by atoms with E-state index in [-0.39, 0.29) is 11.9 Å². The third-order valence-electron chi connectivity index (χ3n) is 5.54. The smallest absolute Gasteiger partial charge is 0.273 e. The molecule has 31 heavy (non-hydrogen) atoms. The molecule has 8 heteroatoms. The van der Waals surface area contributed by atoms with Crippen molar-refractivity contribution in [3.05, 3.63) is 94.1 Å². The van der Waals surface area contributed by atoms with E-state index in [1.165, 1.54) is 0 Å². The number of amides is 1. The average molecular weight is 452 g/mol. The van der Waals surface area contributed by atoms with Crippen molar-refractivity contribution in [3.8, 4) is 11.3 Å². The lowest BCUT2D eigenvalue weighted by Crippen LogP contribution is -2.31. The first-order valence-electron chi connectivity index (χ1n) is 9.99. The van der Waals surface area contributed by atoms with Crippen LogP contribution in [0.1, 0.15) is 34.1 Å². The first-order valence-corrected chi connectivity index (χ1v) is 10.7. The highest BCUT2D eigenvalue weighted by atomic mass is 35.5. The topological polar surface area (TPSA) is 66.8 Å². The summed E-state index contributed by atoms with van der Waals surface area (Å²) in [6.45, 7) is 1.36. The van der Waals surface area contributed by atoms with Crippen molar-refractivity contribution in [3.63, 3.8) is 0 Å². The molecule has 3 heterocycles. The number of halogens is 2. The molecule has 1 atom stereocenters. The molecule has 0 spiro atoms. The van der Waals surface area contributed by atoms with Crippen LogP contribution in [0.25, 0.3) is 11.3 Å². The van der Waals surface area contributed by atoms with Gasteiger partial charge in [-0.05, 0) is 24.1 Å². The number of nitrogens with zero attached hydrogens (tertiary/aromatic N) is 4. The minimum atomic E-state index is -0.297. The van der Waals surface area contributed by atoms with E-state index in [1.807, 2.05) is 58.1 Å². The number of hydrogen-bond donors (Lipinski definition) is 1. The Morgan fingerprint density at radius 2 is 1.87 bits per heavy atom. The van der Waals surface area contributed by atoms with Gasteiger partial charge in [0.15, 0.2) is 0 Å². The summed E-state index contributed by atoms with van der Waals surface area (Å²) >= 11 is 12.5. The number of rotatable bonds is 6. The quantitative estimate of drug-likeness (QED) is 0.437. The largest absolute Gasteiger partial charge is 0.337 e. The van der Waals surface area contributed by atoms with Crippen LogP contribution in [0.5, 0.6) is 0 Å². The van der Waals surface area contributed by atoms with E-state index in [0.29, 0.717) is 22.3 Å². The lowest BCUT2D eigenvalue weighted by atomic mass is 9.96. The Hall–Kier alpha value is -3.09. The maximum Gasteiger partial charge on any atom is 0.273 e. The monoisotopic (exact) mass is 451 g/mol. The lowest BCUT2D eigenvalue weighted by Gasteiger charge is -2.26. The number of aromatic nitrogens is 4. The molecule has 6 nitrogen and oxygen atoms in total. The van der Waals surface area contributed by atoms with Gasteiger partial charge in [-0.15, -0.1) is 0 Å². The number of aryl methyl sites for hydroxylation is 1. The summed E-state index contributed by atoms with van der Waals surface area (Å²) < 4.78 is 2.00. The Balaban J connectivity index is 1.55. The van der Waals surface area contributed by atoms with Gasteiger partial charge in [0.05, 0.1) is 28.1 Å². The number of benzene rings is 2. The highest BCUT2D eigenvalue weighted by Crippen LogP contribution is 2.43. The van der Waals surface area contributed by atoms with E-state index in [4.69, 9.17) is 23.2 Å². The second kappa shape index (κ2) is 8.21. The van der Waals surface area contributed by atoms with Gasteiger partial charge in [-0.25, -0.2) is 4.98 Å². The molecule has 1 aliphatic heterocycles. The molecule has 2 aromatic carbocycles. The fraction of sp³-hybridized carbons (Fsp3) is 0.174. The van der Waals surface area contributed by atoms with Crippen molar-refractivity contribution in [2.45, 2.75) is 19.0 Å². The van der Waals surface area contributed by atoms with E-state index in [1.54, 1.807) is 18.6 Å². The summed E-state index contributed by atoms with van der Waals surface area (Å²) in [4.78, 5) is 19.3. The van der Waals surface area contributed by atoms with Crippen LogP contribution in [0.2, 0.25) is 10.0 Å². The highest BCUT2D eigenvalue weighted by Gasteiger charge is 2.42. The van der Waals surface area contributed by atoms with Crippen LogP contribution < -0.4 is 0 Å². The summed E-state index contributed by atoms with van der Waals surface area (Å²) in [7, 11) is 0. The predicted octanol–water partition coefficient (Wildman–Crippen LogP) is 5.22. The Labute approximate surface area is 189 Å². The zero-order valence-electron chi connectivity index (χ0n) is 16.5. The third-order valence-corrected chi connectivity index (χ3v) is 6.28. The summed E-state index contributed by atoms with van der Waals surface area (Å²) in [5.74, 6) is -0.0635. The van der Waals surface area contributed by atoms with Crippen molar-refractivity contribution in [2.75, 3.05) is 6.54 Å². The summed E-state index contributed by atoms with van der Waals surface area (Å²) in [6, 6.07) is 15.1. The highest BCUT2D eigenvalue weighted by molar-refractivity contribution is 6.42. The summed E-state index contributed by atoms with van der Waals surface area (Å²) in [5, 5.41) is 8.41. The molecule has 0 saturated carbocycles. The number of carbonyl (C=O) groups excluding carboxylic acids is 1. The Morgan fingerprint density at radius 3 is 2.61 bits per heavy atom. The normalized spacial score (nSPS) is 15.5. The fourth-order valence-corrected chi connectivity index (χ4v) is 4.42. The predicted molar refractivity (Wildman–Crippen MR) is 120 cm³/mol. The van der Waals surface area contributed by atoms with Crippen LogP contribution in [-0.2, 0) is 6.54 Å². The molecule has 1 N–H and O–H groups in total. The van der Waals surface area contributed by atoms with E-state index in [2.05, 4.69) is 15.2 Å². The first kappa shape index (κ1) is 19.8. The number of carbonyl (C=O) groups is 1. The number of aromatic amines is 1. The molecule has 156 valence electrons. The number of imidazole rings is 1. The van der Waals surface area contributed by atoms with Gasteiger partial charge in [-0.2, -0.15) is 5.10 Å². The van der Waals surface area contributed by atoms with E-state index < -0.39 is 0 Å². The van der Waals surface area contributed by atoms with Crippen LogP contribution in [0.15, 0.2) is 67.3 Å². The summed E-state index contributed by atoms with van der Waals surface area (Å²) in [5.41, 5.74) is 4.03. The molecular formula is C23H19Cl2N5O. The number of nitrogens with one attached hydrogen (secondary N) is 1. The number of hydrogen-bond acceptors (Lipinski definition) is 3. The van der Waals surface area contributed by atoms with Crippen LogP contribution in [-0.4, -0.2) is 37.1 Å². The van der Waals surface area contributed by atoms with Crippen LogP contribution in [0.4, 0.5) is 0 Å².